The lowest BCUT2D eigenvalue weighted by molar-refractivity contribution is -0.0908. The average molecular weight is 729 g/mol. The molecule has 1 saturated heterocycles. The van der Waals surface area contributed by atoms with Crippen molar-refractivity contribution >= 4 is 22.9 Å². The number of rotatable bonds is 5. The van der Waals surface area contributed by atoms with Crippen LogP contribution in [0.2, 0.25) is 0 Å². The fourth-order valence-corrected chi connectivity index (χ4v) is 6.51. The summed E-state index contributed by atoms with van der Waals surface area (Å²) in [5.74, 6) is -2.37. The van der Waals surface area contributed by atoms with Crippen molar-refractivity contribution in [3.8, 4) is 22.7 Å². The van der Waals surface area contributed by atoms with Gasteiger partial charge in [0.25, 0.3) is 6.43 Å². The second-order valence-corrected chi connectivity index (χ2v) is 14.1. The molecule has 6 rings (SSSR count). The van der Waals surface area contributed by atoms with Crippen LogP contribution >= 0.6 is 0 Å². The van der Waals surface area contributed by atoms with Crippen molar-refractivity contribution in [3.63, 3.8) is 0 Å². The molecule has 52 heavy (non-hydrogen) atoms. The first-order valence-electron chi connectivity index (χ1n) is 16.9. The Morgan fingerprint density at radius 1 is 1.12 bits per heavy atom. The molecule has 1 fully saturated rings. The minimum atomic E-state index is -2.90. The van der Waals surface area contributed by atoms with E-state index in [0.29, 0.717) is 5.69 Å². The van der Waals surface area contributed by atoms with Crippen LogP contribution in [0.25, 0.3) is 28.0 Å². The molecule has 2 bridgehead atoms. The van der Waals surface area contributed by atoms with Crippen LogP contribution in [-0.4, -0.2) is 92.6 Å². The molecule has 0 saturated carbocycles. The molecular formula is C36H40F4N6O6. The summed E-state index contributed by atoms with van der Waals surface area (Å²) in [6.07, 6.45) is -5.13. The highest BCUT2D eigenvalue weighted by Crippen LogP contribution is 2.39. The van der Waals surface area contributed by atoms with Gasteiger partial charge in [0.1, 0.15) is 54.1 Å². The summed E-state index contributed by atoms with van der Waals surface area (Å²) in [6, 6.07) is 5.83. The van der Waals surface area contributed by atoms with Crippen molar-refractivity contribution < 1.29 is 41.7 Å². The van der Waals surface area contributed by atoms with Crippen molar-refractivity contribution in [1.82, 2.24) is 24.4 Å². The normalized spacial score (nSPS) is 19.3. The van der Waals surface area contributed by atoms with Gasteiger partial charge < -0.3 is 29.1 Å². The molecule has 4 aromatic rings. The average Bonchev–Trinajstić information content (AvgIpc) is 3.06. The first kappa shape index (κ1) is 36.9. The molecule has 3 atom stereocenters. The Morgan fingerprint density at radius 2 is 1.87 bits per heavy atom. The van der Waals surface area contributed by atoms with E-state index in [1.54, 1.807) is 39.5 Å². The number of hydrogen-bond donors (Lipinski definition) is 1. The summed E-state index contributed by atoms with van der Waals surface area (Å²) >= 11 is 0. The zero-order valence-electron chi connectivity index (χ0n) is 29.6. The predicted molar refractivity (Wildman–Crippen MR) is 183 cm³/mol. The van der Waals surface area contributed by atoms with Crippen LogP contribution < -0.4 is 15.3 Å². The van der Waals surface area contributed by atoms with Crippen molar-refractivity contribution in [2.75, 3.05) is 37.7 Å². The minimum Gasteiger partial charge on any atom is -0.490 e. The number of hydrogen-bond acceptors (Lipinski definition) is 10. The van der Waals surface area contributed by atoms with Crippen LogP contribution in [0.3, 0.4) is 0 Å². The largest absolute Gasteiger partial charge is 0.490 e. The molecule has 0 radical (unpaired) electrons. The van der Waals surface area contributed by atoms with Crippen LogP contribution in [-0.2, 0) is 9.47 Å². The number of ether oxygens (including phenoxy) is 3. The lowest BCUT2D eigenvalue weighted by Crippen LogP contribution is -2.55. The van der Waals surface area contributed by atoms with Gasteiger partial charge in [-0.3, -0.25) is 4.98 Å². The molecule has 16 heteroatoms. The molecule has 0 spiro atoms. The van der Waals surface area contributed by atoms with Gasteiger partial charge in [0.05, 0.1) is 22.3 Å². The Kier molecular flexibility index (Phi) is 10.2. The highest BCUT2D eigenvalue weighted by Gasteiger charge is 2.35. The Labute approximate surface area is 297 Å². The Balaban J connectivity index is 1.62. The van der Waals surface area contributed by atoms with E-state index in [4.69, 9.17) is 14.2 Å². The first-order valence-corrected chi connectivity index (χ1v) is 16.9. The number of nitrogens with zero attached hydrogens (tertiary/aromatic N) is 6. The molecule has 2 aliphatic rings. The third-order valence-corrected chi connectivity index (χ3v) is 8.83. The topological polar surface area (TPSA) is 132 Å². The highest BCUT2D eigenvalue weighted by molar-refractivity contribution is 5.91. The zero-order chi connectivity index (χ0) is 37.6. The lowest BCUT2D eigenvalue weighted by Gasteiger charge is -2.41. The number of halogens is 4. The van der Waals surface area contributed by atoms with Gasteiger partial charge in [-0.25, -0.2) is 36.7 Å². The SMILES string of the molecule is CC(C)c1nccc2c1-n1c(=O)nc(N3CCN(C(=O)OC(C)(C)C)C[C@@H]3C)c3cc(F)c(nc31)-c1c(F)cccc1OCC(OCC(F)F)C2O. The van der Waals surface area contributed by atoms with E-state index in [9.17, 15) is 23.5 Å². The van der Waals surface area contributed by atoms with Gasteiger partial charge in [-0.1, -0.05) is 19.9 Å². The molecule has 2 aliphatic heterocycles. The number of anilines is 1. The third-order valence-electron chi connectivity index (χ3n) is 8.83. The van der Waals surface area contributed by atoms with Gasteiger partial charge in [0.2, 0.25) is 0 Å². The van der Waals surface area contributed by atoms with E-state index in [1.807, 2.05) is 6.92 Å². The summed E-state index contributed by atoms with van der Waals surface area (Å²) in [5.41, 5.74) is -2.22. The van der Waals surface area contributed by atoms with Gasteiger partial charge >= 0.3 is 11.8 Å². The number of alkyl halides is 2. The smallest absolute Gasteiger partial charge is 0.410 e. The quantitative estimate of drug-likeness (QED) is 0.253. The zero-order valence-corrected chi connectivity index (χ0v) is 29.6. The van der Waals surface area contributed by atoms with Crippen LogP contribution in [0.1, 0.15) is 64.8 Å². The number of benzene rings is 1. The molecule has 1 amide bonds. The summed E-state index contributed by atoms with van der Waals surface area (Å²) < 4.78 is 76.8. The number of piperazine rings is 1. The third kappa shape index (κ3) is 7.13. The number of aromatic nitrogens is 4. The maximum Gasteiger partial charge on any atom is 0.410 e. The summed E-state index contributed by atoms with van der Waals surface area (Å²) in [5, 5.41) is 11.9. The summed E-state index contributed by atoms with van der Waals surface area (Å²) in [7, 11) is 0. The van der Waals surface area contributed by atoms with Crippen molar-refractivity contribution in [2.24, 2.45) is 0 Å². The number of aliphatic hydroxyl groups excluding tert-OH is 1. The Bertz CT molecular complexity index is 2050. The number of carbonyl (C=O) groups excluding carboxylic acids is 1. The molecule has 1 aromatic carbocycles. The predicted octanol–water partition coefficient (Wildman–Crippen LogP) is 5.77. The highest BCUT2D eigenvalue weighted by atomic mass is 19.3. The number of fused-ring (bicyclic) bond motifs is 5. The second kappa shape index (κ2) is 14.3. The fraction of sp³-hybridized carbons (Fsp3) is 0.472. The van der Waals surface area contributed by atoms with E-state index in [2.05, 4.69) is 15.0 Å². The van der Waals surface area contributed by atoms with E-state index < -0.39 is 78.2 Å². The summed E-state index contributed by atoms with van der Waals surface area (Å²) in [6.45, 7) is 9.66. The van der Waals surface area contributed by atoms with E-state index in [1.165, 1.54) is 29.3 Å². The molecule has 3 aromatic heterocycles. The molecular weight excluding hydrogens is 688 g/mol. The van der Waals surface area contributed by atoms with Crippen LogP contribution in [0.15, 0.2) is 41.3 Å². The summed E-state index contributed by atoms with van der Waals surface area (Å²) in [4.78, 5) is 44.1. The van der Waals surface area contributed by atoms with Crippen molar-refractivity contribution in [2.45, 2.75) is 77.7 Å². The van der Waals surface area contributed by atoms with Gasteiger partial charge in [0, 0.05) is 37.4 Å². The molecule has 278 valence electrons. The van der Waals surface area contributed by atoms with Crippen LogP contribution in [0.5, 0.6) is 5.75 Å². The molecule has 5 heterocycles. The maximum atomic E-state index is 16.4. The van der Waals surface area contributed by atoms with Crippen LogP contribution in [0.4, 0.5) is 28.2 Å². The lowest BCUT2D eigenvalue weighted by atomic mass is 9.97. The number of amides is 1. The Hall–Kier alpha value is -4.83. The molecule has 1 N–H and O–H groups in total. The van der Waals surface area contributed by atoms with E-state index in [0.717, 1.165) is 16.7 Å². The van der Waals surface area contributed by atoms with Crippen molar-refractivity contribution in [1.29, 1.82) is 0 Å². The van der Waals surface area contributed by atoms with Gasteiger partial charge in [-0.15, -0.1) is 0 Å². The van der Waals surface area contributed by atoms with Crippen molar-refractivity contribution in [3.05, 3.63) is 69.9 Å². The fourth-order valence-electron chi connectivity index (χ4n) is 6.51. The van der Waals surface area contributed by atoms with Gasteiger partial charge in [0.15, 0.2) is 11.5 Å². The molecule has 2 unspecified atom stereocenters. The monoisotopic (exact) mass is 728 g/mol. The number of carbonyl (C=O) groups is 1. The first-order chi connectivity index (χ1) is 24.6. The van der Waals surface area contributed by atoms with Crippen LogP contribution in [0, 0.1) is 11.6 Å². The number of aliphatic hydroxyl groups is 1. The van der Waals surface area contributed by atoms with E-state index >= 15 is 8.78 Å². The maximum absolute atomic E-state index is 16.4. The second-order valence-electron chi connectivity index (χ2n) is 14.1. The molecule has 0 aliphatic carbocycles. The van der Waals surface area contributed by atoms with E-state index in [-0.39, 0.29) is 59.4 Å². The van der Waals surface area contributed by atoms with Gasteiger partial charge in [-0.05, 0) is 57.9 Å². The standard InChI is InChI=1S/C36H40F4N6O6/c1-18(2)28-30-20(10-11-41-28)31(47)25(51-17-26(39)40)16-50-24-9-7-8-22(37)27(24)29-23(38)14-21-32(43-34(48)46(30)33(21)42-29)45-13-12-44(15-19(45)3)35(49)52-36(4,5)6/h7-11,14,18-19,25-26,31,47H,12-13,15-17H2,1-6H3/t19-,25?,31?/m0/s1. The van der Waals surface area contributed by atoms with Gasteiger partial charge in [-0.2, -0.15) is 4.98 Å². The molecule has 12 nitrogen and oxygen atoms in total. The minimum absolute atomic E-state index is 0.0341. The Morgan fingerprint density at radius 3 is 2.54 bits per heavy atom. The number of pyridine rings is 2.